The molecule has 0 radical (unpaired) electrons. The van der Waals surface area contributed by atoms with Crippen LogP contribution < -0.4 is 26.4 Å². The second-order valence-electron chi connectivity index (χ2n) is 9.15. The van der Waals surface area contributed by atoms with Crippen LogP contribution in [-0.4, -0.2) is 57.5 Å². The summed E-state index contributed by atoms with van der Waals surface area (Å²) in [5, 5.41) is 25.2. The first-order chi connectivity index (χ1) is 18.5. The molecular formula is C27H38ClN7O3. The third kappa shape index (κ3) is 9.42. The lowest BCUT2D eigenvalue weighted by atomic mass is 9.96. The monoisotopic (exact) mass is 543 g/mol. The first-order valence-electron chi connectivity index (χ1n) is 12.8. The lowest BCUT2D eigenvalue weighted by Gasteiger charge is -2.26. The Balaban J connectivity index is 1.64. The van der Waals surface area contributed by atoms with Crippen LogP contribution in [-0.2, 0) is 9.47 Å². The van der Waals surface area contributed by atoms with Gasteiger partial charge in [-0.1, -0.05) is 43.5 Å². The minimum absolute atomic E-state index is 0.0168. The Hall–Kier alpha value is -3.50. The number of allylic oxidation sites excluding steroid dienone is 1. The molecule has 0 amide bonds. The van der Waals surface area contributed by atoms with Crippen molar-refractivity contribution in [2.24, 2.45) is 16.6 Å². The van der Waals surface area contributed by atoms with Crippen molar-refractivity contribution in [3.63, 3.8) is 0 Å². The number of benzene rings is 1. The van der Waals surface area contributed by atoms with E-state index in [1.807, 2.05) is 6.07 Å². The van der Waals surface area contributed by atoms with Gasteiger partial charge in [-0.25, -0.2) is 4.99 Å². The normalized spacial score (nSPS) is 17.0. The van der Waals surface area contributed by atoms with E-state index >= 15 is 0 Å². The van der Waals surface area contributed by atoms with Gasteiger partial charge in [0.05, 0.1) is 31.2 Å². The van der Waals surface area contributed by atoms with E-state index < -0.39 is 0 Å². The van der Waals surface area contributed by atoms with Crippen molar-refractivity contribution < 1.29 is 14.2 Å². The summed E-state index contributed by atoms with van der Waals surface area (Å²) >= 11 is 6.27. The highest BCUT2D eigenvalue weighted by Crippen LogP contribution is 2.28. The van der Waals surface area contributed by atoms with Crippen LogP contribution in [0.15, 0.2) is 53.7 Å². The highest BCUT2D eigenvalue weighted by atomic mass is 35.5. The molecule has 7 N–H and O–H groups in total. The van der Waals surface area contributed by atoms with Gasteiger partial charge >= 0.3 is 0 Å². The first kappa shape index (κ1) is 29.1. The Morgan fingerprint density at radius 2 is 2.05 bits per heavy atom. The van der Waals surface area contributed by atoms with Gasteiger partial charge in [0.25, 0.3) is 0 Å². The maximum atomic E-state index is 8.46. The zero-order valence-corrected chi connectivity index (χ0v) is 22.4. The van der Waals surface area contributed by atoms with Crippen LogP contribution in [0.1, 0.15) is 37.7 Å². The van der Waals surface area contributed by atoms with Gasteiger partial charge in [-0.15, -0.1) is 0 Å². The quantitative estimate of drug-likeness (QED) is 0.112. The Labute approximate surface area is 229 Å². The summed E-state index contributed by atoms with van der Waals surface area (Å²) in [7, 11) is 0. The Morgan fingerprint density at radius 1 is 1.26 bits per heavy atom. The second-order valence-corrected chi connectivity index (χ2v) is 9.55. The molecule has 0 bridgehead atoms. The van der Waals surface area contributed by atoms with Gasteiger partial charge in [-0.05, 0) is 30.5 Å². The highest BCUT2D eigenvalue weighted by Gasteiger charge is 2.21. The molecular weight excluding hydrogens is 506 g/mol. The molecule has 1 aromatic carbocycles. The predicted octanol–water partition coefficient (Wildman–Crippen LogP) is 3.75. The third-order valence-electron chi connectivity index (χ3n) is 6.17. The van der Waals surface area contributed by atoms with E-state index in [1.54, 1.807) is 24.5 Å². The summed E-state index contributed by atoms with van der Waals surface area (Å²) in [6.07, 6.45) is 11.8. The summed E-state index contributed by atoms with van der Waals surface area (Å²) < 4.78 is 16.6. The van der Waals surface area contributed by atoms with Gasteiger partial charge in [0.1, 0.15) is 23.9 Å². The van der Waals surface area contributed by atoms with E-state index in [1.165, 1.54) is 25.5 Å². The van der Waals surface area contributed by atoms with Crippen molar-refractivity contribution in [2.75, 3.05) is 33.0 Å². The van der Waals surface area contributed by atoms with Crippen LogP contribution in [0.4, 0.5) is 0 Å². The number of aliphatic imine (C=N–C) groups is 1. The summed E-state index contributed by atoms with van der Waals surface area (Å²) in [6.45, 7) is 6.56. The number of nitrogens with two attached hydrogens (primary N) is 1. The van der Waals surface area contributed by atoms with E-state index in [9.17, 15) is 0 Å². The third-order valence-corrected chi connectivity index (χ3v) is 6.48. The maximum absolute atomic E-state index is 8.46. The minimum Gasteiger partial charge on any atom is -0.490 e. The van der Waals surface area contributed by atoms with Crippen molar-refractivity contribution in [1.82, 2.24) is 16.0 Å². The molecule has 0 aromatic heterocycles. The largest absolute Gasteiger partial charge is 0.490 e. The Kier molecular flexibility index (Phi) is 12.0. The molecule has 1 aromatic rings. The molecule has 38 heavy (non-hydrogen) atoms. The topological polar surface area (TPSA) is 150 Å². The molecule has 11 heteroatoms. The Morgan fingerprint density at radius 3 is 2.74 bits per heavy atom. The van der Waals surface area contributed by atoms with Gasteiger partial charge in [-0.3, -0.25) is 10.8 Å². The number of ether oxygens (including phenoxy) is 3. The number of nitrogens with zero attached hydrogens (tertiary/aromatic N) is 1. The molecule has 10 nitrogen and oxygen atoms in total. The molecule has 206 valence electrons. The van der Waals surface area contributed by atoms with Crippen molar-refractivity contribution >= 4 is 35.6 Å². The molecule has 1 aliphatic carbocycles. The van der Waals surface area contributed by atoms with Crippen LogP contribution in [0, 0.1) is 16.7 Å². The molecule has 1 heterocycles. The smallest absolute Gasteiger partial charge is 0.231 e. The summed E-state index contributed by atoms with van der Waals surface area (Å²) in [5.74, 6) is 1.15. The van der Waals surface area contributed by atoms with E-state index in [2.05, 4.69) is 27.5 Å². The number of nitrogens with one attached hydrogen (secondary N) is 5. The molecule has 2 fully saturated rings. The average molecular weight is 544 g/mol. The highest BCUT2D eigenvalue weighted by molar-refractivity contribution is 6.32. The second kappa shape index (κ2) is 15.7. The van der Waals surface area contributed by atoms with Crippen molar-refractivity contribution in [3.8, 4) is 5.75 Å². The number of rotatable bonds is 15. The van der Waals surface area contributed by atoms with E-state index in [-0.39, 0.29) is 5.90 Å². The number of hydrogen-bond donors (Lipinski definition) is 6. The molecule has 1 saturated heterocycles. The lowest BCUT2D eigenvalue weighted by molar-refractivity contribution is -0.0529. The Bertz CT molecular complexity index is 1050. The van der Waals surface area contributed by atoms with Crippen molar-refractivity contribution in [1.29, 1.82) is 10.8 Å². The van der Waals surface area contributed by atoms with Crippen LogP contribution in [0.2, 0.25) is 5.02 Å². The van der Waals surface area contributed by atoms with Crippen LogP contribution in [0.3, 0.4) is 0 Å². The zero-order chi connectivity index (χ0) is 27.2. The van der Waals surface area contributed by atoms with E-state index in [0.717, 1.165) is 24.7 Å². The van der Waals surface area contributed by atoms with Crippen LogP contribution >= 0.6 is 11.6 Å². The van der Waals surface area contributed by atoms with Gasteiger partial charge in [-0.2, -0.15) is 0 Å². The fourth-order valence-electron chi connectivity index (χ4n) is 3.92. The summed E-state index contributed by atoms with van der Waals surface area (Å²) in [6, 6.07) is 5.70. The number of hydrogen-bond acceptors (Lipinski definition) is 9. The van der Waals surface area contributed by atoms with E-state index in [0.29, 0.717) is 72.8 Å². The van der Waals surface area contributed by atoms with E-state index in [4.69, 9.17) is 42.4 Å². The maximum Gasteiger partial charge on any atom is 0.231 e. The van der Waals surface area contributed by atoms with Crippen LogP contribution in [0.25, 0.3) is 5.57 Å². The molecule has 0 spiro atoms. The molecule has 0 atom stereocenters. The molecule has 2 aliphatic rings. The minimum atomic E-state index is 0.0168. The predicted molar refractivity (Wildman–Crippen MR) is 153 cm³/mol. The van der Waals surface area contributed by atoms with Gasteiger partial charge in [0.15, 0.2) is 0 Å². The summed E-state index contributed by atoms with van der Waals surface area (Å²) in [5.41, 5.74) is 7.74. The first-order valence-corrected chi connectivity index (χ1v) is 13.2. The van der Waals surface area contributed by atoms with Gasteiger partial charge in [0, 0.05) is 42.7 Å². The number of halogens is 1. The zero-order valence-electron chi connectivity index (χ0n) is 21.6. The molecule has 0 unspecified atom stereocenters. The van der Waals surface area contributed by atoms with Gasteiger partial charge < -0.3 is 35.9 Å². The van der Waals surface area contributed by atoms with Gasteiger partial charge in [0.2, 0.25) is 5.90 Å². The molecule has 1 saturated carbocycles. The molecule has 1 aliphatic heterocycles. The summed E-state index contributed by atoms with van der Waals surface area (Å²) in [4.78, 5) is 4.42. The molecule has 3 rings (SSSR count). The fourth-order valence-corrected chi connectivity index (χ4v) is 4.10. The lowest BCUT2D eigenvalue weighted by Crippen LogP contribution is -2.34. The fraction of sp³-hybridized carbons (Fsp3) is 0.444. The van der Waals surface area contributed by atoms with Crippen molar-refractivity contribution in [3.05, 3.63) is 59.3 Å². The van der Waals surface area contributed by atoms with Crippen LogP contribution in [0.5, 0.6) is 5.75 Å². The van der Waals surface area contributed by atoms with Crippen molar-refractivity contribution in [2.45, 2.75) is 38.1 Å². The standard InChI is InChI=1S/C27H38ClN7O3/c1-19(33-13-22(12-29)21-7-8-24(28)26(11-21)37-10-9-32-18-30)35-25(14-34-23-5-3-2-4-6-23)27(31)38-17-20-15-36-16-20/h7-8,11-14,18,20,23,31,34-35H,1-6,9-10,15-17,29H2,(H2,30,32)/b22-12+,25-14+,31-27?,33-13-. The average Bonchev–Trinajstić information content (AvgIpc) is 2.90. The SMILES string of the molecule is C=C(/N=C\C(=C/N)c1ccc(Cl)c(OCCNC=N)c1)N/C(=C/NC1CCCCC1)C(=N)OCC1COC1.